The van der Waals surface area contributed by atoms with Gasteiger partial charge >= 0.3 is 11.9 Å². The Kier molecular flexibility index (Phi) is 32.5. The molecule has 8 nitrogen and oxygen atoms in total. The van der Waals surface area contributed by atoms with Crippen molar-refractivity contribution < 1.29 is 37.0 Å². The van der Waals surface area contributed by atoms with Gasteiger partial charge in [-0.1, -0.05) is 179 Å². The molecule has 9 heteroatoms. The third-order valence-corrected chi connectivity index (χ3v) is 12.6. The SMILES string of the molecule is CCCCCCCCCCCCCC/C=C/CC(=O)OCCOc1ccc(S(=O)(=O)c2ccc(OCCOC(=O)C/C=C/CCCCCCCCCCCCCC)cc2)cc1. The molecule has 344 valence electrons. The molecule has 2 rings (SSSR count). The van der Waals surface area contributed by atoms with E-state index in [0.717, 1.165) is 25.7 Å². The van der Waals surface area contributed by atoms with E-state index in [1.807, 2.05) is 12.2 Å². The van der Waals surface area contributed by atoms with Crippen molar-refractivity contribution in [2.75, 3.05) is 26.4 Å². The van der Waals surface area contributed by atoms with Crippen LogP contribution in [0, 0.1) is 0 Å². The summed E-state index contributed by atoms with van der Waals surface area (Å²) in [6, 6.07) is 12.3. The Bertz CT molecular complexity index is 1420. The average molecular weight is 867 g/mol. The smallest absolute Gasteiger partial charge is 0.309 e. The van der Waals surface area contributed by atoms with Crippen LogP contribution in [0.2, 0.25) is 0 Å². The van der Waals surface area contributed by atoms with Gasteiger partial charge in [-0.15, -0.1) is 0 Å². The summed E-state index contributed by atoms with van der Waals surface area (Å²) in [4.78, 5) is 24.4. The van der Waals surface area contributed by atoms with Crippen LogP contribution in [0.4, 0.5) is 0 Å². The first-order valence-electron chi connectivity index (χ1n) is 24.2. The van der Waals surface area contributed by atoms with Crippen LogP contribution >= 0.6 is 0 Å². The van der Waals surface area contributed by atoms with Crippen LogP contribution in [0.3, 0.4) is 0 Å². The van der Waals surface area contributed by atoms with E-state index in [2.05, 4.69) is 26.0 Å². The third kappa shape index (κ3) is 28.6. The standard InChI is InChI=1S/C52H82O8S/c1-3-5-7-9-11-13-15-17-19-21-23-25-27-29-31-33-51(53)59-45-43-57-47-35-39-49(40-36-47)61(55,56)50-41-37-48(38-42-50)58-44-46-60-52(54)34-32-30-28-26-24-22-20-18-16-14-12-10-8-6-4-2/h29-32,35-42H,3-28,33-34,43-46H2,1-2H3/b31-29+,32-30+. The average Bonchev–Trinajstić information content (AvgIpc) is 3.27. The molecule has 0 saturated heterocycles. The van der Waals surface area contributed by atoms with Gasteiger partial charge in [-0.05, 0) is 74.2 Å². The fraction of sp³-hybridized carbons (Fsp3) is 0.654. The fourth-order valence-corrected chi connectivity index (χ4v) is 8.38. The number of ether oxygens (including phenoxy) is 4. The van der Waals surface area contributed by atoms with Crippen molar-refractivity contribution in [1.29, 1.82) is 0 Å². The number of rotatable bonds is 40. The van der Waals surface area contributed by atoms with E-state index in [1.54, 1.807) is 24.3 Å². The second-order valence-electron chi connectivity index (χ2n) is 16.3. The molecular weight excluding hydrogens is 785 g/mol. The molecule has 0 atom stereocenters. The Morgan fingerprint density at radius 2 is 0.705 bits per heavy atom. The van der Waals surface area contributed by atoms with Crippen LogP contribution in [0.25, 0.3) is 0 Å². The number of allylic oxidation sites excluding steroid dienone is 2. The molecule has 0 aliphatic rings. The van der Waals surface area contributed by atoms with Gasteiger partial charge < -0.3 is 18.9 Å². The zero-order valence-corrected chi connectivity index (χ0v) is 39.0. The Hall–Kier alpha value is -3.59. The fourth-order valence-electron chi connectivity index (χ4n) is 7.12. The Morgan fingerprint density at radius 1 is 0.410 bits per heavy atom. The van der Waals surface area contributed by atoms with Gasteiger partial charge in [-0.2, -0.15) is 0 Å². The summed E-state index contributed by atoms with van der Waals surface area (Å²) in [5.74, 6) is 0.364. The molecule has 0 bridgehead atoms. The summed E-state index contributed by atoms with van der Waals surface area (Å²) in [5, 5.41) is 0. The van der Waals surface area contributed by atoms with E-state index in [9.17, 15) is 18.0 Å². The van der Waals surface area contributed by atoms with Crippen molar-refractivity contribution in [3.63, 3.8) is 0 Å². The highest BCUT2D eigenvalue weighted by Gasteiger charge is 2.18. The van der Waals surface area contributed by atoms with Crippen molar-refractivity contribution >= 4 is 21.8 Å². The molecule has 2 aromatic rings. The van der Waals surface area contributed by atoms with Gasteiger partial charge in [0.1, 0.15) is 37.9 Å². The molecule has 2 aromatic carbocycles. The van der Waals surface area contributed by atoms with E-state index >= 15 is 0 Å². The van der Waals surface area contributed by atoms with Crippen LogP contribution in [0.15, 0.2) is 82.6 Å². The maximum atomic E-state index is 13.2. The predicted octanol–water partition coefficient (Wildman–Crippen LogP) is 14.4. The lowest BCUT2D eigenvalue weighted by molar-refractivity contribution is -0.144. The molecule has 0 N–H and O–H groups in total. The highest BCUT2D eigenvalue weighted by molar-refractivity contribution is 7.91. The van der Waals surface area contributed by atoms with Gasteiger partial charge in [-0.3, -0.25) is 9.59 Å². The summed E-state index contributed by atoms with van der Waals surface area (Å²) in [6.45, 7) is 5.07. The quantitative estimate of drug-likeness (QED) is 0.0370. The lowest BCUT2D eigenvalue weighted by atomic mass is 10.0. The largest absolute Gasteiger partial charge is 0.490 e. The van der Waals surface area contributed by atoms with E-state index in [-0.39, 0.29) is 61.0 Å². The molecule has 0 aliphatic heterocycles. The Balaban J connectivity index is 1.50. The minimum atomic E-state index is -3.76. The van der Waals surface area contributed by atoms with Crippen molar-refractivity contribution in [2.24, 2.45) is 0 Å². The first kappa shape index (κ1) is 53.5. The second-order valence-corrected chi connectivity index (χ2v) is 18.2. The number of esters is 2. The maximum absolute atomic E-state index is 13.2. The topological polar surface area (TPSA) is 105 Å². The van der Waals surface area contributed by atoms with Gasteiger partial charge in [0.15, 0.2) is 0 Å². The van der Waals surface area contributed by atoms with Crippen molar-refractivity contribution in [3.05, 3.63) is 72.8 Å². The van der Waals surface area contributed by atoms with Gasteiger partial charge in [0.25, 0.3) is 0 Å². The Morgan fingerprint density at radius 3 is 1.02 bits per heavy atom. The van der Waals surface area contributed by atoms with E-state index in [0.29, 0.717) is 11.5 Å². The van der Waals surface area contributed by atoms with Crippen LogP contribution < -0.4 is 9.47 Å². The summed E-state index contributed by atoms with van der Waals surface area (Å²) in [5.41, 5.74) is 0. The number of carbonyl (C=O) groups is 2. The first-order chi connectivity index (χ1) is 29.9. The number of benzene rings is 2. The summed E-state index contributed by atoms with van der Waals surface area (Å²) in [6.07, 6.45) is 42.2. The van der Waals surface area contributed by atoms with Gasteiger partial charge in [0, 0.05) is 0 Å². The Labute approximate surface area is 371 Å². The lowest BCUT2D eigenvalue weighted by Gasteiger charge is -2.10. The van der Waals surface area contributed by atoms with Crippen LogP contribution in [-0.2, 0) is 28.9 Å². The molecular formula is C52H82O8S. The van der Waals surface area contributed by atoms with E-state index in [4.69, 9.17) is 18.9 Å². The normalized spacial score (nSPS) is 11.7. The highest BCUT2D eigenvalue weighted by atomic mass is 32.2. The molecule has 0 spiro atoms. The number of hydrogen-bond acceptors (Lipinski definition) is 8. The first-order valence-corrected chi connectivity index (χ1v) is 25.7. The molecule has 0 aromatic heterocycles. The molecule has 0 fully saturated rings. The minimum Gasteiger partial charge on any atom is -0.490 e. The van der Waals surface area contributed by atoms with Gasteiger partial charge in [0.2, 0.25) is 9.84 Å². The van der Waals surface area contributed by atoms with E-state index < -0.39 is 9.84 Å². The highest BCUT2D eigenvalue weighted by Crippen LogP contribution is 2.25. The van der Waals surface area contributed by atoms with E-state index in [1.165, 1.54) is 166 Å². The number of carbonyl (C=O) groups excluding carboxylic acids is 2. The molecule has 0 saturated carbocycles. The monoisotopic (exact) mass is 867 g/mol. The zero-order valence-electron chi connectivity index (χ0n) is 38.2. The van der Waals surface area contributed by atoms with Crippen LogP contribution in [-0.4, -0.2) is 46.8 Å². The number of hydrogen-bond donors (Lipinski definition) is 0. The molecule has 0 radical (unpaired) electrons. The van der Waals surface area contributed by atoms with Gasteiger partial charge in [0.05, 0.1) is 22.6 Å². The number of sulfone groups is 1. The van der Waals surface area contributed by atoms with Gasteiger partial charge in [-0.25, -0.2) is 8.42 Å². The molecule has 0 amide bonds. The maximum Gasteiger partial charge on any atom is 0.309 e. The molecule has 61 heavy (non-hydrogen) atoms. The molecule has 0 aliphatic carbocycles. The summed E-state index contributed by atoms with van der Waals surface area (Å²) in [7, 11) is -3.76. The van der Waals surface area contributed by atoms with Crippen molar-refractivity contribution in [3.8, 4) is 11.5 Å². The lowest BCUT2D eigenvalue weighted by Crippen LogP contribution is -2.11. The number of unbranched alkanes of at least 4 members (excludes halogenated alkanes) is 24. The second kappa shape index (κ2) is 37.0. The summed E-state index contributed by atoms with van der Waals surface area (Å²) < 4.78 is 48.3. The molecule has 0 unspecified atom stereocenters. The summed E-state index contributed by atoms with van der Waals surface area (Å²) >= 11 is 0. The third-order valence-electron chi connectivity index (χ3n) is 10.8. The minimum absolute atomic E-state index is 0.110. The van der Waals surface area contributed by atoms with Crippen molar-refractivity contribution in [2.45, 2.75) is 203 Å². The van der Waals surface area contributed by atoms with Crippen LogP contribution in [0.1, 0.15) is 194 Å². The molecule has 0 heterocycles. The predicted molar refractivity (Wildman–Crippen MR) is 250 cm³/mol. The van der Waals surface area contributed by atoms with Crippen molar-refractivity contribution in [1.82, 2.24) is 0 Å². The zero-order chi connectivity index (χ0) is 43.9. The van der Waals surface area contributed by atoms with Crippen LogP contribution in [0.5, 0.6) is 11.5 Å².